The summed E-state index contributed by atoms with van der Waals surface area (Å²) < 4.78 is 8.19. The Balaban J connectivity index is 0. The van der Waals surface area contributed by atoms with E-state index >= 15 is 0 Å². The van der Waals surface area contributed by atoms with E-state index < -0.39 is 17.9 Å². The molecule has 1 N–H and O–H groups in total. The maximum absolute atomic E-state index is 10.4. The molecule has 0 fully saturated rings. The summed E-state index contributed by atoms with van der Waals surface area (Å²) >= 11 is 0. The third kappa shape index (κ3) is 14.7. The van der Waals surface area contributed by atoms with Crippen LogP contribution in [0.3, 0.4) is 0 Å². The second kappa shape index (κ2) is 9.70. The number of nitrogens with zero attached hydrogens (tertiary/aromatic N) is 1. The van der Waals surface area contributed by atoms with E-state index in [0.29, 0.717) is 0 Å². The van der Waals surface area contributed by atoms with Crippen LogP contribution in [0, 0.1) is 0 Å². The summed E-state index contributed by atoms with van der Waals surface area (Å²) in [6.07, 6.45) is -2.87. The van der Waals surface area contributed by atoms with E-state index in [1.54, 1.807) is 20.8 Å². The second-order valence-electron chi connectivity index (χ2n) is 4.45. The Morgan fingerprint density at radius 3 is 1.61 bits per heavy atom. The Hall–Kier alpha value is -1.30. The van der Waals surface area contributed by atoms with Crippen molar-refractivity contribution in [2.45, 2.75) is 47.1 Å². The molecule has 0 spiro atoms. The monoisotopic (exact) mass is 263 g/mol. The van der Waals surface area contributed by atoms with E-state index in [2.05, 4.69) is 35.1 Å². The maximum atomic E-state index is 10.4. The molecule has 0 aliphatic heterocycles. The molecule has 6 nitrogen and oxygen atoms in total. The van der Waals surface area contributed by atoms with Crippen LogP contribution >= 0.6 is 0 Å². The van der Waals surface area contributed by atoms with Crippen LogP contribution in [0.25, 0.3) is 0 Å². The third-order valence-electron chi connectivity index (χ3n) is 1.90. The zero-order valence-corrected chi connectivity index (χ0v) is 12.1. The van der Waals surface area contributed by atoms with Crippen LogP contribution in [0.5, 0.6) is 0 Å². The van der Waals surface area contributed by atoms with Crippen LogP contribution in [-0.2, 0) is 9.47 Å². The van der Waals surface area contributed by atoms with Crippen molar-refractivity contribution in [3.05, 3.63) is 0 Å². The lowest BCUT2D eigenvalue weighted by atomic mass is 10.2. The molecule has 0 saturated heterocycles. The molecular formula is C12H25NO5. The van der Waals surface area contributed by atoms with Gasteiger partial charge in [-0.1, -0.05) is 20.8 Å². The molecule has 0 bridgehead atoms. The van der Waals surface area contributed by atoms with E-state index in [0.717, 1.165) is 0 Å². The summed E-state index contributed by atoms with van der Waals surface area (Å²) in [5.41, 5.74) is -0.730. The molecule has 0 aliphatic carbocycles. The lowest BCUT2D eigenvalue weighted by Gasteiger charge is -2.17. The molecule has 0 amide bonds. The van der Waals surface area contributed by atoms with Crippen LogP contribution in [0.15, 0.2) is 0 Å². The second-order valence-corrected chi connectivity index (χ2v) is 4.45. The summed E-state index contributed by atoms with van der Waals surface area (Å²) in [6, 6.07) is 0. The Morgan fingerprint density at radius 1 is 1.06 bits per heavy atom. The van der Waals surface area contributed by atoms with Gasteiger partial charge in [0.25, 0.3) is 0 Å². The molecule has 0 radical (unpaired) electrons. The van der Waals surface area contributed by atoms with Crippen LogP contribution < -0.4 is 0 Å². The fourth-order valence-corrected chi connectivity index (χ4v) is 1.01. The largest absolute Gasteiger partial charge is 0.519 e. The van der Waals surface area contributed by atoms with Crippen molar-refractivity contribution in [1.82, 2.24) is 4.90 Å². The van der Waals surface area contributed by atoms with Crippen LogP contribution in [0.4, 0.5) is 9.59 Å². The molecule has 0 aliphatic rings. The van der Waals surface area contributed by atoms with Crippen molar-refractivity contribution in [2.24, 2.45) is 0 Å². The first-order chi connectivity index (χ1) is 8.16. The zero-order valence-electron chi connectivity index (χ0n) is 12.1. The maximum Gasteiger partial charge on any atom is 0.519 e. The minimum Gasteiger partial charge on any atom is -0.449 e. The predicted molar refractivity (Wildman–Crippen MR) is 68.8 cm³/mol. The Morgan fingerprint density at radius 2 is 1.44 bits per heavy atom. The number of carbonyl (C=O) groups is 2. The van der Waals surface area contributed by atoms with Gasteiger partial charge in [-0.25, -0.2) is 9.59 Å². The molecule has 0 heterocycles. The van der Waals surface area contributed by atoms with Crippen LogP contribution in [0.1, 0.15) is 41.5 Å². The van der Waals surface area contributed by atoms with E-state index in [1.165, 1.54) is 19.6 Å². The van der Waals surface area contributed by atoms with Crippen molar-refractivity contribution in [3.63, 3.8) is 0 Å². The zero-order chi connectivity index (χ0) is 14.8. The fourth-order valence-electron chi connectivity index (χ4n) is 1.01. The van der Waals surface area contributed by atoms with Gasteiger partial charge in [-0.2, -0.15) is 0 Å². The number of ether oxygens (including phenoxy) is 2. The van der Waals surface area contributed by atoms with E-state index in [4.69, 9.17) is 5.11 Å². The minimum atomic E-state index is -1.67. The number of carbonyl (C=O) groups excluding carboxylic acids is 1. The molecule has 0 rings (SSSR count). The molecule has 0 atom stereocenters. The first-order valence-corrected chi connectivity index (χ1v) is 6.02. The van der Waals surface area contributed by atoms with Gasteiger partial charge in [-0.05, 0) is 40.4 Å². The average Bonchev–Trinajstić information content (AvgIpc) is 2.16. The highest BCUT2D eigenvalue weighted by Gasteiger charge is 2.19. The van der Waals surface area contributed by atoms with Gasteiger partial charge in [-0.3, -0.25) is 0 Å². The average molecular weight is 263 g/mol. The lowest BCUT2D eigenvalue weighted by molar-refractivity contribution is -0.000103. The Kier molecular flexibility index (Phi) is 10.3. The van der Waals surface area contributed by atoms with Gasteiger partial charge in [0.15, 0.2) is 0 Å². The summed E-state index contributed by atoms with van der Waals surface area (Å²) in [7, 11) is 0. The summed E-state index contributed by atoms with van der Waals surface area (Å²) in [5, 5.41) is 7.96. The van der Waals surface area contributed by atoms with Gasteiger partial charge in [0.05, 0.1) is 0 Å². The number of hydrogen-bond donors (Lipinski definition) is 1. The first-order valence-electron chi connectivity index (χ1n) is 6.02. The summed E-state index contributed by atoms with van der Waals surface area (Å²) in [5.74, 6) is 0. The van der Waals surface area contributed by atoms with Crippen molar-refractivity contribution in [3.8, 4) is 0 Å². The van der Waals surface area contributed by atoms with Crippen molar-refractivity contribution >= 4 is 12.3 Å². The van der Waals surface area contributed by atoms with Crippen molar-refractivity contribution < 1.29 is 24.2 Å². The van der Waals surface area contributed by atoms with Crippen LogP contribution in [-0.4, -0.2) is 47.6 Å². The molecule has 0 saturated carbocycles. The standard InChI is InChI=1S/C6H15N.C6H10O5/c1-4-7(5-2)6-3;1-6(2,3)11-5(9)10-4(7)8/h4-6H2,1-3H3;1-3H3,(H,7,8). The van der Waals surface area contributed by atoms with Gasteiger partial charge in [-0.15, -0.1) is 0 Å². The molecule has 0 aromatic rings. The van der Waals surface area contributed by atoms with E-state index in [1.807, 2.05) is 0 Å². The SMILES string of the molecule is CC(C)(C)OC(=O)OC(=O)O.CCN(CC)CC. The fraction of sp³-hybridized carbons (Fsp3) is 0.833. The van der Waals surface area contributed by atoms with Gasteiger partial charge in [0, 0.05) is 0 Å². The normalized spacial score (nSPS) is 10.4. The topological polar surface area (TPSA) is 76.1 Å². The van der Waals surface area contributed by atoms with Gasteiger partial charge in [0.2, 0.25) is 0 Å². The van der Waals surface area contributed by atoms with Gasteiger partial charge in [0.1, 0.15) is 5.60 Å². The first kappa shape index (κ1) is 19.0. The molecule has 6 heteroatoms. The van der Waals surface area contributed by atoms with Gasteiger partial charge < -0.3 is 19.5 Å². The third-order valence-corrected chi connectivity index (χ3v) is 1.90. The van der Waals surface area contributed by atoms with Crippen molar-refractivity contribution in [1.29, 1.82) is 0 Å². The number of rotatable bonds is 3. The summed E-state index contributed by atoms with van der Waals surface area (Å²) in [6.45, 7) is 14.9. The smallest absolute Gasteiger partial charge is 0.449 e. The number of carboxylic acid groups (broad SMARTS) is 1. The molecule has 0 aromatic heterocycles. The Labute approximate surface area is 109 Å². The lowest BCUT2D eigenvalue weighted by Crippen LogP contribution is -2.25. The van der Waals surface area contributed by atoms with E-state index in [9.17, 15) is 9.59 Å². The quantitative estimate of drug-likeness (QED) is 0.623. The highest BCUT2D eigenvalue weighted by Crippen LogP contribution is 2.07. The molecule has 0 unspecified atom stereocenters. The number of hydrogen-bond acceptors (Lipinski definition) is 5. The van der Waals surface area contributed by atoms with Gasteiger partial charge >= 0.3 is 12.3 Å². The van der Waals surface area contributed by atoms with Crippen LogP contribution in [0.2, 0.25) is 0 Å². The van der Waals surface area contributed by atoms with E-state index in [-0.39, 0.29) is 0 Å². The highest BCUT2D eigenvalue weighted by atomic mass is 16.8. The Bertz CT molecular complexity index is 238. The molecule has 108 valence electrons. The molecule has 18 heavy (non-hydrogen) atoms. The predicted octanol–water partition coefficient (Wildman–Crippen LogP) is 2.96. The minimum absolute atomic E-state index is 0.730. The van der Waals surface area contributed by atoms with Crippen molar-refractivity contribution in [2.75, 3.05) is 19.6 Å². The summed E-state index contributed by atoms with van der Waals surface area (Å²) in [4.78, 5) is 22.6. The highest BCUT2D eigenvalue weighted by molar-refractivity contribution is 5.75. The molecular weight excluding hydrogens is 238 g/mol. The molecule has 0 aromatic carbocycles.